The first kappa shape index (κ1) is 14.5. The van der Waals surface area contributed by atoms with Crippen LogP contribution in [-0.4, -0.2) is 32.1 Å². The number of anilines is 1. The van der Waals surface area contributed by atoms with Gasteiger partial charge in [-0.1, -0.05) is 15.9 Å². The first-order chi connectivity index (χ1) is 9.08. The summed E-state index contributed by atoms with van der Waals surface area (Å²) >= 11 is 3.42. The number of hydrogen-bond acceptors (Lipinski definition) is 3. The molecule has 0 saturated carbocycles. The van der Waals surface area contributed by atoms with E-state index in [4.69, 9.17) is 4.74 Å². The van der Waals surface area contributed by atoms with Gasteiger partial charge in [-0.3, -0.25) is 4.79 Å². The minimum atomic E-state index is 0.0905. The van der Waals surface area contributed by atoms with Crippen molar-refractivity contribution in [2.24, 2.45) is 0 Å². The first-order valence-corrected chi connectivity index (χ1v) is 7.50. The van der Waals surface area contributed by atoms with Crippen LogP contribution >= 0.6 is 15.9 Å². The number of carbonyl (C=O) groups is 1. The van der Waals surface area contributed by atoms with Crippen molar-refractivity contribution in [1.29, 1.82) is 0 Å². The van der Waals surface area contributed by atoms with Crippen LogP contribution in [0.1, 0.15) is 36.5 Å². The summed E-state index contributed by atoms with van der Waals surface area (Å²) in [6.07, 6.45) is 3.79. The fourth-order valence-electron chi connectivity index (χ4n) is 2.48. The highest BCUT2D eigenvalue weighted by Gasteiger charge is 2.18. The number of likely N-dealkylation sites (N-methyl/N-ethyl adjacent to an activating group) is 1. The summed E-state index contributed by atoms with van der Waals surface area (Å²) in [5, 5.41) is 0. The van der Waals surface area contributed by atoms with Crippen molar-refractivity contribution < 1.29 is 9.53 Å². The van der Waals surface area contributed by atoms with Gasteiger partial charge >= 0.3 is 0 Å². The molecule has 0 radical (unpaired) electrons. The van der Waals surface area contributed by atoms with Gasteiger partial charge in [0, 0.05) is 35.9 Å². The van der Waals surface area contributed by atoms with Crippen molar-refractivity contribution in [3.05, 3.63) is 28.2 Å². The maximum Gasteiger partial charge on any atom is 0.161 e. The third-order valence-electron chi connectivity index (χ3n) is 3.50. The second kappa shape index (κ2) is 6.53. The zero-order valence-electron chi connectivity index (χ0n) is 11.5. The van der Waals surface area contributed by atoms with Gasteiger partial charge in [0.25, 0.3) is 0 Å². The lowest BCUT2D eigenvalue weighted by atomic mass is 10.1. The summed E-state index contributed by atoms with van der Waals surface area (Å²) < 4.78 is 6.69. The number of rotatable bonds is 4. The zero-order chi connectivity index (χ0) is 13.8. The van der Waals surface area contributed by atoms with E-state index in [-0.39, 0.29) is 11.9 Å². The quantitative estimate of drug-likeness (QED) is 0.791. The fourth-order valence-corrected chi connectivity index (χ4v) is 2.84. The molecule has 1 atom stereocenters. The molecule has 0 N–H and O–H groups in total. The second-order valence-corrected chi connectivity index (χ2v) is 6.00. The largest absolute Gasteiger partial charge is 0.376 e. The molecule has 104 valence electrons. The Hall–Kier alpha value is -0.870. The van der Waals surface area contributed by atoms with Gasteiger partial charge in [0.1, 0.15) is 0 Å². The second-order valence-electron chi connectivity index (χ2n) is 5.09. The molecule has 19 heavy (non-hydrogen) atoms. The molecule has 1 unspecified atom stereocenters. The highest BCUT2D eigenvalue weighted by molar-refractivity contribution is 9.10. The Morgan fingerprint density at radius 3 is 2.89 bits per heavy atom. The maximum atomic E-state index is 11.7. The lowest BCUT2D eigenvalue weighted by Gasteiger charge is -2.29. The SMILES string of the molecule is CC(=O)c1cc(Br)ccc1N(C)CC1CCCCO1. The lowest BCUT2D eigenvalue weighted by molar-refractivity contribution is 0.0216. The molecule has 1 heterocycles. The van der Waals surface area contributed by atoms with Crippen LogP contribution < -0.4 is 4.90 Å². The molecule has 1 aromatic carbocycles. The van der Waals surface area contributed by atoms with E-state index in [0.29, 0.717) is 0 Å². The number of benzene rings is 1. The number of Topliss-reactive ketones (excluding diaryl/α,β-unsaturated/α-hetero) is 1. The monoisotopic (exact) mass is 325 g/mol. The van der Waals surface area contributed by atoms with Gasteiger partial charge < -0.3 is 9.64 Å². The Labute approximate surface area is 123 Å². The highest BCUT2D eigenvalue weighted by atomic mass is 79.9. The van der Waals surface area contributed by atoms with Gasteiger partial charge in [0.2, 0.25) is 0 Å². The van der Waals surface area contributed by atoms with E-state index in [0.717, 1.165) is 41.7 Å². The van der Waals surface area contributed by atoms with Crippen LogP contribution in [0.2, 0.25) is 0 Å². The van der Waals surface area contributed by atoms with Crippen LogP contribution in [0.4, 0.5) is 5.69 Å². The molecule has 2 rings (SSSR count). The predicted molar refractivity (Wildman–Crippen MR) is 81.0 cm³/mol. The maximum absolute atomic E-state index is 11.7. The van der Waals surface area contributed by atoms with Crippen LogP contribution in [0.3, 0.4) is 0 Å². The number of ketones is 1. The molecule has 0 aliphatic carbocycles. The molecule has 0 spiro atoms. The van der Waals surface area contributed by atoms with Gasteiger partial charge in [-0.15, -0.1) is 0 Å². The number of halogens is 1. The minimum Gasteiger partial charge on any atom is -0.376 e. The summed E-state index contributed by atoms with van der Waals surface area (Å²) in [6, 6.07) is 5.85. The molecule has 1 aromatic rings. The smallest absolute Gasteiger partial charge is 0.161 e. The summed E-state index contributed by atoms with van der Waals surface area (Å²) in [5.41, 5.74) is 1.73. The molecule has 0 amide bonds. The van der Waals surface area contributed by atoms with Crippen molar-refractivity contribution in [2.45, 2.75) is 32.3 Å². The topological polar surface area (TPSA) is 29.5 Å². The van der Waals surface area contributed by atoms with Gasteiger partial charge in [0.05, 0.1) is 6.10 Å². The standard InChI is InChI=1S/C15H20BrNO2/c1-11(18)14-9-12(16)6-7-15(14)17(2)10-13-5-3-4-8-19-13/h6-7,9,13H,3-5,8,10H2,1-2H3. The number of ether oxygens (including phenoxy) is 1. The van der Waals surface area contributed by atoms with Crippen molar-refractivity contribution in [3.63, 3.8) is 0 Å². The van der Waals surface area contributed by atoms with Crippen LogP contribution in [0.15, 0.2) is 22.7 Å². The Morgan fingerprint density at radius 2 is 2.26 bits per heavy atom. The van der Waals surface area contributed by atoms with Gasteiger partial charge in [-0.2, -0.15) is 0 Å². The van der Waals surface area contributed by atoms with E-state index in [2.05, 4.69) is 20.8 Å². The van der Waals surface area contributed by atoms with Crippen LogP contribution in [0.5, 0.6) is 0 Å². The molecule has 0 bridgehead atoms. The number of carbonyl (C=O) groups excluding carboxylic acids is 1. The van der Waals surface area contributed by atoms with E-state index in [1.165, 1.54) is 6.42 Å². The number of hydrogen-bond donors (Lipinski definition) is 0. The van der Waals surface area contributed by atoms with Crippen molar-refractivity contribution >= 4 is 27.4 Å². The predicted octanol–water partition coefficient (Wildman–Crippen LogP) is 3.66. The Bertz CT molecular complexity index is 455. The third kappa shape index (κ3) is 3.80. The molecule has 1 aliphatic rings. The van der Waals surface area contributed by atoms with Gasteiger partial charge in [-0.05, 0) is 44.4 Å². The summed E-state index contributed by atoms with van der Waals surface area (Å²) in [4.78, 5) is 13.9. The van der Waals surface area contributed by atoms with E-state index in [1.54, 1.807) is 6.92 Å². The van der Waals surface area contributed by atoms with E-state index < -0.39 is 0 Å². The number of nitrogens with zero attached hydrogens (tertiary/aromatic N) is 1. The Balaban J connectivity index is 2.13. The average molecular weight is 326 g/mol. The zero-order valence-corrected chi connectivity index (χ0v) is 13.1. The molecular formula is C15H20BrNO2. The summed E-state index contributed by atoms with van der Waals surface area (Å²) in [7, 11) is 2.02. The minimum absolute atomic E-state index is 0.0905. The van der Waals surface area contributed by atoms with Crippen LogP contribution in [0.25, 0.3) is 0 Å². The van der Waals surface area contributed by atoms with E-state index in [9.17, 15) is 4.79 Å². The molecule has 4 heteroatoms. The first-order valence-electron chi connectivity index (χ1n) is 6.71. The van der Waals surface area contributed by atoms with Gasteiger partial charge in [-0.25, -0.2) is 0 Å². The van der Waals surface area contributed by atoms with E-state index in [1.807, 2.05) is 25.2 Å². The molecule has 1 aliphatic heterocycles. The average Bonchev–Trinajstić information content (AvgIpc) is 2.39. The van der Waals surface area contributed by atoms with Crippen LogP contribution in [0, 0.1) is 0 Å². The molecular weight excluding hydrogens is 306 g/mol. The van der Waals surface area contributed by atoms with Gasteiger partial charge in [0.15, 0.2) is 5.78 Å². The Kier molecular flexibility index (Phi) is 4.99. The lowest BCUT2D eigenvalue weighted by Crippen LogP contribution is -2.34. The third-order valence-corrected chi connectivity index (χ3v) is 3.99. The normalized spacial score (nSPS) is 19.2. The van der Waals surface area contributed by atoms with Crippen molar-refractivity contribution in [2.75, 3.05) is 25.1 Å². The Morgan fingerprint density at radius 1 is 1.47 bits per heavy atom. The molecule has 1 saturated heterocycles. The summed E-state index contributed by atoms with van der Waals surface area (Å²) in [6.45, 7) is 3.30. The van der Waals surface area contributed by atoms with Crippen LogP contribution in [-0.2, 0) is 4.74 Å². The molecule has 3 nitrogen and oxygen atoms in total. The molecule has 0 aromatic heterocycles. The summed E-state index contributed by atoms with van der Waals surface area (Å²) in [5.74, 6) is 0.0905. The van der Waals surface area contributed by atoms with E-state index >= 15 is 0 Å². The highest BCUT2D eigenvalue weighted by Crippen LogP contribution is 2.25. The van der Waals surface area contributed by atoms with Crippen molar-refractivity contribution in [1.82, 2.24) is 0 Å². The fraction of sp³-hybridized carbons (Fsp3) is 0.533. The molecule has 1 fully saturated rings. The van der Waals surface area contributed by atoms with Crippen molar-refractivity contribution in [3.8, 4) is 0 Å².